The van der Waals surface area contributed by atoms with Crippen LogP contribution in [-0.2, 0) is 24.2 Å². The number of nitrogens with one attached hydrogen (secondary N) is 3. The molecule has 1 aliphatic carbocycles. The van der Waals surface area contributed by atoms with Crippen LogP contribution < -0.4 is 16.0 Å². The van der Waals surface area contributed by atoms with Gasteiger partial charge in [-0.3, -0.25) is 9.59 Å². The van der Waals surface area contributed by atoms with Gasteiger partial charge in [-0.1, -0.05) is 71.2 Å². The highest BCUT2D eigenvalue weighted by atomic mass is 35.5. The third-order valence-corrected chi connectivity index (χ3v) is 8.46. The number of carbonyl (C=O) groups is 4. The average molecular weight is 630 g/mol. The van der Waals surface area contributed by atoms with Crippen LogP contribution >= 0.6 is 34.8 Å². The van der Waals surface area contributed by atoms with Gasteiger partial charge in [0.05, 0.1) is 28.2 Å². The molecule has 0 saturated heterocycles. The van der Waals surface area contributed by atoms with Gasteiger partial charge in [0, 0.05) is 23.7 Å². The lowest BCUT2D eigenvalue weighted by atomic mass is 9.95. The van der Waals surface area contributed by atoms with Crippen molar-refractivity contribution in [2.24, 2.45) is 0 Å². The van der Waals surface area contributed by atoms with Crippen molar-refractivity contribution in [3.8, 4) is 0 Å². The molecule has 1 unspecified atom stereocenters. The Labute approximate surface area is 257 Å². The van der Waals surface area contributed by atoms with Crippen molar-refractivity contribution >= 4 is 58.6 Å². The van der Waals surface area contributed by atoms with E-state index in [9.17, 15) is 24.3 Å². The molecule has 0 aromatic heterocycles. The average Bonchev–Trinajstić information content (AvgIpc) is 3.36. The first-order valence-corrected chi connectivity index (χ1v) is 14.5. The van der Waals surface area contributed by atoms with E-state index < -0.39 is 23.9 Å². The molecule has 4 amide bonds. The predicted molar refractivity (Wildman–Crippen MR) is 159 cm³/mol. The molecule has 2 aliphatic rings. The summed E-state index contributed by atoms with van der Waals surface area (Å²) in [6, 6.07) is 14.2. The Hall–Kier alpha value is -3.79. The van der Waals surface area contributed by atoms with Crippen LogP contribution in [0.2, 0.25) is 15.1 Å². The SMILES string of the molecule is O=C(NCC(NC(=O)c1c(Cl)cc2c(c1Cl)CCN(Cc1ccc(Cl)cc1)C2=O)C(=O)O)N[C@@H]1CCc2ccccc21. The molecule has 1 heterocycles. The fourth-order valence-corrected chi connectivity index (χ4v) is 6.17. The number of amides is 4. The van der Waals surface area contributed by atoms with Crippen molar-refractivity contribution < 1.29 is 24.3 Å². The maximum Gasteiger partial charge on any atom is 0.328 e. The van der Waals surface area contributed by atoms with Gasteiger partial charge < -0.3 is 26.0 Å². The molecular weight excluding hydrogens is 603 g/mol. The minimum atomic E-state index is -1.46. The summed E-state index contributed by atoms with van der Waals surface area (Å²) >= 11 is 19.0. The summed E-state index contributed by atoms with van der Waals surface area (Å²) in [6.07, 6.45) is 1.95. The fourth-order valence-electron chi connectivity index (χ4n) is 5.32. The number of nitrogens with zero attached hydrogens (tertiary/aromatic N) is 1. The molecule has 1 aliphatic heterocycles. The van der Waals surface area contributed by atoms with Gasteiger partial charge in [-0.15, -0.1) is 0 Å². The first-order chi connectivity index (χ1) is 20.1. The van der Waals surface area contributed by atoms with E-state index in [0.717, 1.165) is 29.5 Å². The molecule has 0 fully saturated rings. The van der Waals surface area contributed by atoms with Crippen LogP contribution in [0.5, 0.6) is 0 Å². The van der Waals surface area contributed by atoms with Crippen LogP contribution in [0.25, 0.3) is 0 Å². The number of halogens is 3. The molecule has 9 nitrogen and oxygen atoms in total. The standard InChI is InChI=1S/C30H27Cl3N4O5/c31-18-8-5-16(6-9-18)15-37-12-11-20-21(28(37)39)13-22(32)25(26(20)33)27(38)35-24(29(40)41)14-34-30(42)36-23-10-7-17-3-1-2-4-19(17)23/h1-6,8-9,13,23-24H,7,10-12,14-15H2,(H,35,38)(H,40,41)(H2,34,36,42)/t23-,24?/m1/s1. The second kappa shape index (κ2) is 12.6. The van der Waals surface area contributed by atoms with Crippen LogP contribution in [0.1, 0.15) is 55.4 Å². The van der Waals surface area contributed by atoms with Crippen molar-refractivity contribution in [2.45, 2.75) is 37.9 Å². The van der Waals surface area contributed by atoms with E-state index in [4.69, 9.17) is 34.8 Å². The van der Waals surface area contributed by atoms with Crippen LogP contribution in [0, 0.1) is 0 Å². The number of carboxylic acid groups (broad SMARTS) is 1. The first kappa shape index (κ1) is 29.7. The highest BCUT2D eigenvalue weighted by Gasteiger charge is 2.32. The van der Waals surface area contributed by atoms with Gasteiger partial charge in [-0.25, -0.2) is 9.59 Å². The first-order valence-electron chi connectivity index (χ1n) is 13.3. The van der Waals surface area contributed by atoms with E-state index in [-0.39, 0.29) is 39.7 Å². The smallest absolute Gasteiger partial charge is 0.328 e. The summed E-state index contributed by atoms with van der Waals surface area (Å²) in [4.78, 5) is 52.5. The summed E-state index contributed by atoms with van der Waals surface area (Å²) in [5, 5.41) is 18.0. The lowest BCUT2D eigenvalue weighted by Gasteiger charge is -2.30. The van der Waals surface area contributed by atoms with E-state index in [1.165, 1.54) is 6.07 Å². The van der Waals surface area contributed by atoms with Crippen molar-refractivity contribution in [2.75, 3.05) is 13.1 Å². The Morgan fingerprint density at radius 3 is 2.50 bits per heavy atom. The van der Waals surface area contributed by atoms with Crippen molar-refractivity contribution in [1.29, 1.82) is 0 Å². The molecule has 218 valence electrons. The molecule has 5 rings (SSSR count). The van der Waals surface area contributed by atoms with E-state index in [1.807, 2.05) is 36.4 Å². The highest BCUT2D eigenvalue weighted by Crippen LogP contribution is 2.35. The van der Waals surface area contributed by atoms with Gasteiger partial charge in [-0.05, 0) is 59.7 Å². The van der Waals surface area contributed by atoms with Gasteiger partial charge >= 0.3 is 12.0 Å². The number of aliphatic carboxylic acids is 1. The number of carboxylic acids is 1. The summed E-state index contributed by atoms with van der Waals surface area (Å²) in [6.45, 7) is 0.347. The zero-order chi connectivity index (χ0) is 30.0. The van der Waals surface area contributed by atoms with Gasteiger partial charge in [0.25, 0.3) is 11.8 Å². The van der Waals surface area contributed by atoms with Crippen LogP contribution in [0.3, 0.4) is 0 Å². The molecule has 42 heavy (non-hydrogen) atoms. The number of carbonyl (C=O) groups excluding carboxylic acids is 3. The van der Waals surface area contributed by atoms with E-state index in [0.29, 0.717) is 30.1 Å². The number of hydrogen-bond acceptors (Lipinski definition) is 4. The second-order valence-corrected chi connectivity index (χ2v) is 11.4. The normalized spacial score (nSPS) is 16.3. The van der Waals surface area contributed by atoms with Crippen molar-refractivity contribution in [3.05, 3.63) is 103 Å². The number of aryl methyl sites for hydroxylation is 1. The van der Waals surface area contributed by atoms with Gasteiger partial charge in [0.15, 0.2) is 0 Å². The number of hydrogen-bond donors (Lipinski definition) is 4. The minimum Gasteiger partial charge on any atom is -0.480 e. The Morgan fingerprint density at radius 1 is 1.02 bits per heavy atom. The lowest BCUT2D eigenvalue weighted by molar-refractivity contribution is -0.139. The van der Waals surface area contributed by atoms with E-state index >= 15 is 0 Å². The van der Waals surface area contributed by atoms with E-state index in [1.54, 1.807) is 17.0 Å². The molecule has 3 aromatic carbocycles. The number of benzene rings is 3. The summed E-state index contributed by atoms with van der Waals surface area (Å²) in [5.41, 5.74) is 3.70. The molecule has 4 N–H and O–H groups in total. The van der Waals surface area contributed by atoms with Crippen LogP contribution in [0.4, 0.5) is 4.79 Å². The molecule has 0 radical (unpaired) electrons. The number of fused-ring (bicyclic) bond motifs is 2. The monoisotopic (exact) mass is 628 g/mol. The zero-order valence-electron chi connectivity index (χ0n) is 22.3. The molecule has 0 spiro atoms. The number of rotatable bonds is 8. The molecule has 3 aromatic rings. The van der Waals surface area contributed by atoms with Crippen molar-refractivity contribution in [1.82, 2.24) is 20.9 Å². The van der Waals surface area contributed by atoms with Gasteiger partial charge in [0.1, 0.15) is 6.04 Å². The van der Waals surface area contributed by atoms with Gasteiger partial charge in [-0.2, -0.15) is 0 Å². The Balaban J connectivity index is 1.24. The van der Waals surface area contributed by atoms with Crippen LogP contribution in [-0.4, -0.2) is 53.0 Å². The third kappa shape index (κ3) is 6.33. The third-order valence-electron chi connectivity index (χ3n) is 7.49. The topological polar surface area (TPSA) is 128 Å². The zero-order valence-corrected chi connectivity index (χ0v) is 24.5. The molecule has 12 heteroatoms. The fraction of sp³-hybridized carbons (Fsp3) is 0.267. The summed E-state index contributed by atoms with van der Waals surface area (Å²) in [7, 11) is 0. The van der Waals surface area contributed by atoms with E-state index in [2.05, 4.69) is 16.0 Å². The second-order valence-electron chi connectivity index (χ2n) is 10.2. The summed E-state index contributed by atoms with van der Waals surface area (Å²) < 4.78 is 0. The molecule has 0 saturated carbocycles. The van der Waals surface area contributed by atoms with Crippen LogP contribution in [0.15, 0.2) is 54.6 Å². The number of urea groups is 1. The molecule has 0 bridgehead atoms. The highest BCUT2D eigenvalue weighted by molar-refractivity contribution is 6.41. The van der Waals surface area contributed by atoms with Gasteiger partial charge in [0.2, 0.25) is 0 Å². The maximum absolute atomic E-state index is 13.2. The molecule has 2 atom stereocenters. The Morgan fingerprint density at radius 2 is 1.76 bits per heavy atom. The quantitative estimate of drug-likeness (QED) is 0.278. The maximum atomic E-state index is 13.2. The Bertz CT molecular complexity index is 1560. The summed E-state index contributed by atoms with van der Waals surface area (Å²) in [5.74, 6) is -2.47. The largest absolute Gasteiger partial charge is 0.480 e. The van der Waals surface area contributed by atoms with Crippen molar-refractivity contribution in [3.63, 3.8) is 0 Å². The predicted octanol–water partition coefficient (Wildman–Crippen LogP) is 5.02. The molecular formula is C30H27Cl3N4O5. The minimum absolute atomic E-state index is 0.00997. The Kier molecular flexibility index (Phi) is 8.91. The lowest BCUT2D eigenvalue weighted by Crippen LogP contribution is -2.50.